The maximum atomic E-state index is 14.6. The Morgan fingerprint density at radius 2 is 1.86 bits per heavy atom. The van der Waals surface area contributed by atoms with Gasteiger partial charge in [0.25, 0.3) is 12.0 Å². The molecule has 0 amide bonds. The van der Waals surface area contributed by atoms with Crippen LogP contribution in [-0.2, 0) is 11.3 Å². The van der Waals surface area contributed by atoms with Gasteiger partial charge in [-0.2, -0.15) is 13.2 Å². The highest BCUT2D eigenvalue weighted by molar-refractivity contribution is 5.88. The molecule has 35 heavy (non-hydrogen) atoms. The van der Waals surface area contributed by atoms with Crippen LogP contribution in [-0.4, -0.2) is 33.9 Å². The van der Waals surface area contributed by atoms with Crippen LogP contribution in [0.15, 0.2) is 35.3 Å². The van der Waals surface area contributed by atoms with Crippen molar-refractivity contribution in [3.63, 3.8) is 0 Å². The van der Waals surface area contributed by atoms with Gasteiger partial charge in [-0.3, -0.25) is 4.79 Å². The molecule has 2 heterocycles. The number of aromatic nitrogens is 3. The van der Waals surface area contributed by atoms with E-state index in [1.54, 1.807) is 13.8 Å². The molecule has 1 aromatic carbocycles. The lowest BCUT2D eigenvalue weighted by Crippen LogP contribution is -2.21. The molecule has 2 aromatic heterocycles. The average molecular weight is 502 g/mol. The maximum Gasteiger partial charge on any atom is 0.391 e. The van der Waals surface area contributed by atoms with Gasteiger partial charge in [0.2, 0.25) is 0 Å². The van der Waals surface area contributed by atoms with E-state index < -0.39 is 43.1 Å². The van der Waals surface area contributed by atoms with Gasteiger partial charge in [0, 0.05) is 31.0 Å². The molecule has 1 N–H and O–H groups in total. The van der Waals surface area contributed by atoms with E-state index in [0.29, 0.717) is 23.1 Å². The molecule has 0 unspecified atom stereocenters. The standard InChI is InChI=1S/C23H24F6N4O2/c1-13(15-5-3-6-16(20(15)24)21(25)26)30-22-17-12-33(8-4-9-35-10-7-23(27,28)29)19(34)11-18(17)31-14(2)32-22/h3,5-6,11-13,21H,4,7-10H2,1-2H3,(H,30,31,32)/t13-/m1/s1. The zero-order valence-corrected chi connectivity index (χ0v) is 19.0. The number of fused-ring (bicyclic) bond motifs is 1. The number of ether oxygens (including phenoxy) is 1. The van der Waals surface area contributed by atoms with E-state index in [4.69, 9.17) is 4.74 Å². The fourth-order valence-corrected chi connectivity index (χ4v) is 3.53. The van der Waals surface area contributed by atoms with Crippen LogP contribution in [0.4, 0.5) is 32.2 Å². The van der Waals surface area contributed by atoms with Gasteiger partial charge in [-0.05, 0) is 20.3 Å². The summed E-state index contributed by atoms with van der Waals surface area (Å²) < 4.78 is 83.6. The zero-order valence-electron chi connectivity index (χ0n) is 19.0. The molecule has 190 valence electrons. The highest BCUT2D eigenvalue weighted by Crippen LogP contribution is 2.30. The van der Waals surface area contributed by atoms with Crippen LogP contribution in [0.1, 0.15) is 49.2 Å². The molecular weight excluding hydrogens is 478 g/mol. The summed E-state index contributed by atoms with van der Waals surface area (Å²) >= 11 is 0. The number of rotatable bonds is 10. The Hall–Kier alpha value is -3.15. The molecule has 3 rings (SSSR count). The van der Waals surface area contributed by atoms with Crippen LogP contribution < -0.4 is 10.9 Å². The van der Waals surface area contributed by atoms with Crippen LogP contribution in [0.25, 0.3) is 10.9 Å². The minimum atomic E-state index is -4.29. The third kappa shape index (κ3) is 6.93. The number of pyridine rings is 1. The van der Waals surface area contributed by atoms with E-state index in [1.165, 1.54) is 29.0 Å². The highest BCUT2D eigenvalue weighted by Gasteiger charge is 2.26. The SMILES string of the molecule is Cc1nc(N[C@H](C)c2cccc(C(F)F)c2F)c2cn(CCCOCCC(F)(F)F)c(=O)cc2n1. The molecule has 0 aliphatic heterocycles. The average Bonchev–Trinajstić information content (AvgIpc) is 2.75. The van der Waals surface area contributed by atoms with Crippen molar-refractivity contribution >= 4 is 16.7 Å². The van der Waals surface area contributed by atoms with Crippen molar-refractivity contribution in [2.45, 2.75) is 51.9 Å². The summed E-state index contributed by atoms with van der Waals surface area (Å²) in [4.78, 5) is 21.0. The molecule has 0 fully saturated rings. The fraction of sp³-hybridized carbons (Fsp3) is 0.435. The first-order valence-electron chi connectivity index (χ1n) is 10.8. The molecular formula is C23H24F6N4O2. The third-order valence-corrected chi connectivity index (χ3v) is 5.25. The van der Waals surface area contributed by atoms with E-state index in [0.717, 1.165) is 6.07 Å². The lowest BCUT2D eigenvalue weighted by Gasteiger charge is -2.19. The third-order valence-electron chi connectivity index (χ3n) is 5.25. The highest BCUT2D eigenvalue weighted by atomic mass is 19.4. The lowest BCUT2D eigenvalue weighted by atomic mass is 10.0. The Labute approximate surface area is 197 Å². The molecule has 1 atom stereocenters. The summed E-state index contributed by atoms with van der Waals surface area (Å²) in [7, 11) is 0. The molecule has 0 aliphatic rings. The summed E-state index contributed by atoms with van der Waals surface area (Å²) in [5.74, 6) is -0.402. The number of hydrogen-bond acceptors (Lipinski definition) is 5. The molecule has 0 spiro atoms. The molecule has 12 heteroatoms. The number of alkyl halides is 5. The van der Waals surface area contributed by atoms with Crippen LogP contribution in [0.2, 0.25) is 0 Å². The second-order valence-corrected chi connectivity index (χ2v) is 7.97. The molecule has 0 radical (unpaired) electrons. The fourth-order valence-electron chi connectivity index (χ4n) is 3.53. The zero-order chi connectivity index (χ0) is 25.8. The summed E-state index contributed by atoms with van der Waals surface area (Å²) in [6, 6.07) is 4.31. The van der Waals surface area contributed by atoms with Crippen molar-refractivity contribution in [2.75, 3.05) is 18.5 Å². The number of nitrogens with one attached hydrogen (secondary N) is 1. The smallest absolute Gasteiger partial charge is 0.381 e. The van der Waals surface area contributed by atoms with Gasteiger partial charge < -0.3 is 14.6 Å². The quantitative estimate of drug-likeness (QED) is 0.284. The van der Waals surface area contributed by atoms with Gasteiger partial charge in [0.15, 0.2) is 0 Å². The van der Waals surface area contributed by atoms with Crippen molar-refractivity contribution in [3.05, 3.63) is 63.6 Å². The minimum absolute atomic E-state index is 0.0246. The summed E-state index contributed by atoms with van der Waals surface area (Å²) in [5.41, 5.74) is -0.722. The predicted octanol–water partition coefficient (Wildman–Crippen LogP) is 5.71. The first kappa shape index (κ1) is 26.5. The molecule has 0 aliphatic carbocycles. The van der Waals surface area contributed by atoms with E-state index in [2.05, 4.69) is 15.3 Å². The number of nitrogens with zero attached hydrogens (tertiary/aromatic N) is 3. The maximum absolute atomic E-state index is 14.6. The summed E-state index contributed by atoms with van der Waals surface area (Å²) in [6.07, 6.45) is -6.52. The molecule has 0 saturated heterocycles. The number of halogens is 6. The topological polar surface area (TPSA) is 69.0 Å². The van der Waals surface area contributed by atoms with Gasteiger partial charge in [-0.25, -0.2) is 23.1 Å². The van der Waals surface area contributed by atoms with Gasteiger partial charge in [-0.1, -0.05) is 18.2 Å². The van der Waals surface area contributed by atoms with Crippen molar-refractivity contribution < 1.29 is 31.1 Å². The molecule has 3 aromatic rings. The van der Waals surface area contributed by atoms with Gasteiger partial charge in [0.05, 0.1) is 35.5 Å². The Morgan fingerprint density at radius 3 is 2.54 bits per heavy atom. The molecule has 0 saturated carbocycles. The summed E-state index contributed by atoms with van der Waals surface area (Å²) in [5, 5.41) is 3.45. The van der Waals surface area contributed by atoms with Crippen molar-refractivity contribution in [3.8, 4) is 0 Å². The van der Waals surface area contributed by atoms with E-state index >= 15 is 0 Å². The second kappa shape index (κ2) is 11.1. The Morgan fingerprint density at radius 1 is 1.14 bits per heavy atom. The Bertz CT molecular complexity index is 1230. The Balaban J connectivity index is 1.80. The van der Waals surface area contributed by atoms with Gasteiger partial charge in [0.1, 0.15) is 17.5 Å². The van der Waals surface area contributed by atoms with Crippen molar-refractivity contribution in [2.24, 2.45) is 0 Å². The number of hydrogen-bond donors (Lipinski definition) is 1. The normalized spacial score (nSPS) is 12.9. The number of aryl methyl sites for hydroxylation is 2. The van der Waals surface area contributed by atoms with Crippen molar-refractivity contribution in [1.29, 1.82) is 0 Å². The number of benzene rings is 1. The van der Waals surface area contributed by atoms with Gasteiger partial charge in [-0.15, -0.1) is 0 Å². The summed E-state index contributed by atoms with van der Waals surface area (Å²) in [6.45, 7) is 2.95. The molecule has 0 bridgehead atoms. The van der Waals surface area contributed by atoms with Crippen LogP contribution >= 0.6 is 0 Å². The minimum Gasteiger partial charge on any atom is -0.381 e. The predicted molar refractivity (Wildman–Crippen MR) is 118 cm³/mol. The first-order chi connectivity index (χ1) is 16.5. The van der Waals surface area contributed by atoms with Crippen molar-refractivity contribution in [1.82, 2.24) is 14.5 Å². The Kier molecular flexibility index (Phi) is 8.36. The largest absolute Gasteiger partial charge is 0.391 e. The van der Waals surface area contributed by atoms with Crippen LogP contribution in [0, 0.1) is 12.7 Å². The van der Waals surface area contributed by atoms with E-state index in [1.807, 2.05) is 0 Å². The van der Waals surface area contributed by atoms with Crippen LogP contribution in [0.5, 0.6) is 0 Å². The van der Waals surface area contributed by atoms with E-state index in [9.17, 15) is 31.1 Å². The van der Waals surface area contributed by atoms with E-state index in [-0.39, 0.29) is 30.1 Å². The van der Waals surface area contributed by atoms with Crippen LogP contribution in [0.3, 0.4) is 0 Å². The first-order valence-corrected chi connectivity index (χ1v) is 10.8. The molecule has 6 nitrogen and oxygen atoms in total. The van der Waals surface area contributed by atoms with Gasteiger partial charge >= 0.3 is 6.18 Å². The monoisotopic (exact) mass is 502 g/mol. The second-order valence-electron chi connectivity index (χ2n) is 7.97. The lowest BCUT2D eigenvalue weighted by molar-refractivity contribution is -0.145. The number of anilines is 1.